The first-order chi connectivity index (χ1) is 17.8. The zero-order valence-corrected chi connectivity index (χ0v) is 22.5. The first-order valence-electron chi connectivity index (χ1n) is 13.1. The fourth-order valence-corrected chi connectivity index (χ4v) is 6.85. The number of sulfonamides is 1. The molecule has 0 unspecified atom stereocenters. The summed E-state index contributed by atoms with van der Waals surface area (Å²) >= 11 is 0. The van der Waals surface area contributed by atoms with Gasteiger partial charge in [0.15, 0.2) is 0 Å². The Labute approximate surface area is 220 Å². The lowest BCUT2D eigenvalue weighted by Gasteiger charge is -2.40. The molecule has 202 valence electrons. The molecule has 1 saturated heterocycles. The Morgan fingerprint density at radius 1 is 1.11 bits per heavy atom. The molecule has 1 heterocycles. The molecule has 1 aliphatic carbocycles. The predicted octanol–water partition coefficient (Wildman–Crippen LogP) is 3.10. The summed E-state index contributed by atoms with van der Waals surface area (Å²) in [5, 5.41) is 11.2. The molecular weight excluding hydrogens is 492 g/mol. The van der Waals surface area contributed by atoms with E-state index in [0.717, 1.165) is 31.2 Å². The van der Waals surface area contributed by atoms with Crippen molar-refractivity contribution >= 4 is 15.9 Å². The molecule has 1 saturated carbocycles. The number of aliphatic hydroxyl groups excluding tert-OH is 1. The van der Waals surface area contributed by atoms with Crippen molar-refractivity contribution in [3.8, 4) is 5.75 Å². The van der Waals surface area contributed by atoms with Crippen molar-refractivity contribution in [2.75, 3.05) is 33.4 Å². The van der Waals surface area contributed by atoms with Crippen molar-refractivity contribution in [1.29, 1.82) is 0 Å². The average molecular weight is 531 g/mol. The van der Waals surface area contributed by atoms with Crippen molar-refractivity contribution in [3.05, 3.63) is 60.2 Å². The van der Waals surface area contributed by atoms with E-state index in [1.54, 1.807) is 24.0 Å². The number of aliphatic hydroxyl groups is 1. The molecule has 3 atom stereocenters. The van der Waals surface area contributed by atoms with E-state index < -0.39 is 22.2 Å². The van der Waals surface area contributed by atoms with Gasteiger partial charge in [0, 0.05) is 19.6 Å². The number of amides is 1. The second-order valence-corrected chi connectivity index (χ2v) is 12.0. The molecule has 2 aliphatic rings. The summed E-state index contributed by atoms with van der Waals surface area (Å²) in [5.74, 6) is 0.647. The third kappa shape index (κ3) is 6.90. The number of rotatable bonds is 11. The van der Waals surface area contributed by atoms with Crippen molar-refractivity contribution in [2.45, 2.75) is 62.2 Å². The first kappa shape index (κ1) is 27.6. The molecule has 9 heteroatoms. The van der Waals surface area contributed by atoms with Crippen LogP contribution in [0.2, 0.25) is 0 Å². The molecule has 2 fully saturated rings. The van der Waals surface area contributed by atoms with Crippen molar-refractivity contribution in [2.24, 2.45) is 5.92 Å². The van der Waals surface area contributed by atoms with Crippen LogP contribution in [0, 0.1) is 5.92 Å². The van der Waals surface area contributed by atoms with E-state index in [2.05, 4.69) is 0 Å². The Kier molecular flexibility index (Phi) is 9.23. The topological polar surface area (TPSA) is 96.4 Å². The molecule has 1 N–H and O–H groups in total. The average Bonchev–Trinajstić information content (AvgIpc) is 3.42. The molecular formula is C28H38N2O6S. The number of nitrogens with zero attached hydrogens (tertiary/aromatic N) is 2. The molecule has 1 aliphatic heterocycles. The number of carbonyl (C=O) groups excluding carboxylic acids is 1. The normalized spacial score (nSPS) is 21.9. The number of ether oxygens (including phenoxy) is 2. The van der Waals surface area contributed by atoms with Crippen LogP contribution in [-0.2, 0) is 26.0 Å². The van der Waals surface area contributed by atoms with Crippen LogP contribution in [0.4, 0.5) is 0 Å². The maximum absolute atomic E-state index is 13.6. The van der Waals surface area contributed by atoms with Gasteiger partial charge in [-0.05, 0) is 61.9 Å². The Hall–Kier alpha value is -2.46. The summed E-state index contributed by atoms with van der Waals surface area (Å²) in [5.41, 5.74) is 1.07. The van der Waals surface area contributed by atoms with Crippen LogP contribution < -0.4 is 4.74 Å². The molecule has 0 spiro atoms. The van der Waals surface area contributed by atoms with Gasteiger partial charge in [-0.3, -0.25) is 4.79 Å². The highest BCUT2D eigenvalue weighted by Crippen LogP contribution is 2.29. The number of carbonyl (C=O) groups is 1. The molecule has 0 radical (unpaired) electrons. The summed E-state index contributed by atoms with van der Waals surface area (Å²) in [6.45, 7) is 2.39. The molecule has 0 bridgehead atoms. The van der Waals surface area contributed by atoms with Crippen LogP contribution in [0.15, 0.2) is 59.5 Å². The summed E-state index contributed by atoms with van der Waals surface area (Å²) < 4.78 is 39.6. The van der Waals surface area contributed by atoms with E-state index in [1.165, 1.54) is 23.5 Å². The highest BCUT2D eigenvalue weighted by atomic mass is 32.2. The number of hydrogen-bond donors (Lipinski definition) is 1. The van der Waals surface area contributed by atoms with Crippen LogP contribution in [0.3, 0.4) is 0 Å². The van der Waals surface area contributed by atoms with E-state index >= 15 is 0 Å². The maximum Gasteiger partial charge on any atom is 0.251 e. The highest BCUT2D eigenvalue weighted by Gasteiger charge is 2.36. The Balaban J connectivity index is 1.51. The lowest BCUT2D eigenvalue weighted by atomic mass is 10.0. The van der Waals surface area contributed by atoms with E-state index in [-0.39, 0.29) is 35.9 Å². The number of β-amino-alcohol motifs (C(OH)–C–C–N with tert-alkyl or cyclic N) is 1. The minimum Gasteiger partial charge on any atom is -0.497 e. The van der Waals surface area contributed by atoms with Gasteiger partial charge < -0.3 is 19.5 Å². The van der Waals surface area contributed by atoms with Crippen LogP contribution in [0.1, 0.15) is 38.2 Å². The first-order valence-corrected chi connectivity index (χ1v) is 14.5. The molecule has 4 rings (SSSR count). The van der Waals surface area contributed by atoms with Gasteiger partial charge in [-0.2, -0.15) is 4.31 Å². The number of methoxy groups -OCH3 is 1. The third-order valence-corrected chi connectivity index (χ3v) is 9.23. The number of morpholine rings is 1. The van der Waals surface area contributed by atoms with E-state index in [4.69, 9.17) is 9.47 Å². The van der Waals surface area contributed by atoms with Gasteiger partial charge in [0.2, 0.25) is 10.0 Å². The highest BCUT2D eigenvalue weighted by molar-refractivity contribution is 7.89. The van der Waals surface area contributed by atoms with Crippen LogP contribution >= 0.6 is 0 Å². The molecule has 1 amide bonds. The Morgan fingerprint density at radius 2 is 1.78 bits per heavy atom. The molecule has 2 aromatic carbocycles. The SMILES string of the molecule is COc1ccc(S(=O)(=O)N(CC2CCCC2)C[C@@H](O)CN2C(=O)[C@H](C)OC[C@@H]2Cc2ccccc2)cc1. The lowest BCUT2D eigenvalue weighted by molar-refractivity contribution is -0.159. The number of benzene rings is 2. The predicted molar refractivity (Wildman–Crippen MR) is 141 cm³/mol. The van der Waals surface area contributed by atoms with Gasteiger partial charge in [0.1, 0.15) is 11.9 Å². The second kappa shape index (κ2) is 12.4. The van der Waals surface area contributed by atoms with Gasteiger partial charge in [-0.15, -0.1) is 0 Å². The molecule has 8 nitrogen and oxygen atoms in total. The smallest absolute Gasteiger partial charge is 0.251 e. The zero-order valence-electron chi connectivity index (χ0n) is 21.7. The Morgan fingerprint density at radius 3 is 2.43 bits per heavy atom. The maximum atomic E-state index is 13.6. The quantitative estimate of drug-likeness (QED) is 0.480. The van der Waals surface area contributed by atoms with Crippen LogP contribution in [-0.4, -0.2) is 80.2 Å². The van der Waals surface area contributed by atoms with Gasteiger partial charge in [0.05, 0.1) is 30.8 Å². The minimum absolute atomic E-state index is 0.0450. The minimum atomic E-state index is -3.85. The molecule has 37 heavy (non-hydrogen) atoms. The summed E-state index contributed by atoms with van der Waals surface area (Å²) in [6, 6.07) is 15.9. The van der Waals surface area contributed by atoms with Crippen molar-refractivity contribution < 1.29 is 27.8 Å². The van der Waals surface area contributed by atoms with Gasteiger partial charge in [0.25, 0.3) is 5.91 Å². The largest absolute Gasteiger partial charge is 0.497 e. The van der Waals surface area contributed by atoms with Gasteiger partial charge in [-0.25, -0.2) is 8.42 Å². The third-order valence-electron chi connectivity index (χ3n) is 7.38. The van der Waals surface area contributed by atoms with Crippen molar-refractivity contribution in [3.63, 3.8) is 0 Å². The monoisotopic (exact) mass is 530 g/mol. The van der Waals surface area contributed by atoms with E-state index in [1.807, 2.05) is 30.3 Å². The van der Waals surface area contributed by atoms with Crippen LogP contribution in [0.25, 0.3) is 0 Å². The summed E-state index contributed by atoms with van der Waals surface area (Å²) in [7, 11) is -2.31. The Bertz CT molecular complexity index is 1120. The summed E-state index contributed by atoms with van der Waals surface area (Å²) in [6.07, 6.45) is 3.09. The van der Waals surface area contributed by atoms with Crippen LogP contribution in [0.5, 0.6) is 5.75 Å². The molecule has 2 aromatic rings. The van der Waals surface area contributed by atoms with Crippen molar-refractivity contribution in [1.82, 2.24) is 9.21 Å². The fourth-order valence-electron chi connectivity index (χ4n) is 5.29. The standard InChI is InChI=1S/C28H38N2O6S/c1-21-28(32)30(24(20-36-21)16-22-8-4-3-5-9-22)19-25(31)18-29(17-23-10-6-7-11-23)37(33,34)27-14-12-26(35-2)13-15-27/h3-5,8-9,12-15,21,23-25,31H,6-7,10-11,16-20H2,1-2H3/t21-,24-,25+/m0/s1. The number of hydrogen-bond acceptors (Lipinski definition) is 6. The van der Waals surface area contributed by atoms with Gasteiger partial charge >= 0.3 is 0 Å². The summed E-state index contributed by atoms with van der Waals surface area (Å²) in [4.78, 5) is 14.9. The molecule has 0 aromatic heterocycles. The second-order valence-electron chi connectivity index (χ2n) is 10.1. The van der Waals surface area contributed by atoms with E-state index in [9.17, 15) is 18.3 Å². The zero-order chi connectivity index (χ0) is 26.4. The lowest BCUT2D eigenvalue weighted by Crippen LogP contribution is -2.57. The van der Waals surface area contributed by atoms with E-state index in [0.29, 0.717) is 25.3 Å². The van der Waals surface area contributed by atoms with Gasteiger partial charge in [-0.1, -0.05) is 43.2 Å². The fraction of sp³-hybridized carbons (Fsp3) is 0.536.